The smallest absolute Gasteiger partial charge is 0.216 e. The molecule has 0 fully saturated rings. The van der Waals surface area contributed by atoms with Gasteiger partial charge < -0.3 is 5.73 Å². The first kappa shape index (κ1) is 14.7. The van der Waals surface area contributed by atoms with Crippen LogP contribution in [0.1, 0.15) is 25.8 Å². The lowest BCUT2D eigenvalue weighted by Crippen LogP contribution is -2.54. The van der Waals surface area contributed by atoms with Gasteiger partial charge in [0.2, 0.25) is 10.0 Å². The van der Waals surface area contributed by atoms with Crippen molar-refractivity contribution in [2.45, 2.75) is 31.6 Å². The Hall–Kier alpha value is -1.40. The van der Waals surface area contributed by atoms with Gasteiger partial charge in [0.15, 0.2) is 0 Å². The molecule has 0 aliphatic heterocycles. The first-order valence-electron chi connectivity index (χ1n) is 5.69. The number of nitrogens with two attached hydrogens (primary N) is 1. The fourth-order valence-electron chi connectivity index (χ4n) is 1.49. The molecule has 4 N–H and O–H groups in total. The van der Waals surface area contributed by atoms with Gasteiger partial charge in [-0.05, 0) is 18.9 Å². The van der Waals surface area contributed by atoms with Crippen LogP contribution in [0.3, 0.4) is 0 Å². The predicted molar refractivity (Wildman–Crippen MR) is 72.8 cm³/mol. The minimum atomic E-state index is -3.52. The van der Waals surface area contributed by atoms with Crippen LogP contribution in [0, 0.1) is 5.41 Å². The Kier molecular flexibility index (Phi) is 4.48. The molecule has 100 valence electrons. The van der Waals surface area contributed by atoms with Crippen LogP contribution >= 0.6 is 0 Å². The largest absolute Gasteiger partial charge is 0.386 e. The molecule has 0 bridgehead atoms. The van der Waals surface area contributed by atoms with Gasteiger partial charge in [0.05, 0.1) is 11.3 Å². The summed E-state index contributed by atoms with van der Waals surface area (Å²) in [6, 6.07) is 8.89. The van der Waals surface area contributed by atoms with Crippen LogP contribution in [0.2, 0.25) is 0 Å². The lowest BCUT2D eigenvalue weighted by Gasteiger charge is -2.27. The molecular formula is C12H19N3O2S. The van der Waals surface area contributed by atoms with Gasteiger partial charge in [-0.15, -0.1) is 0 Å². The summed E-state index contributed by atoms with van der Waals surface area (Å²) < 4.78 is 26.5. The summed E-state index contributed by atoms with van der Waals surface area (Å²) in [6.07, 6.45) is 0.427. The zero-order chi connectivity index (χ0) is 13.8. The standard InChI is InChI=1S/C12H19N3O2S/c1-3-12(2,11(13)14)15-18(16,17)9-10-7-5-4-6-8-10/h4-8,15H,3,9H2,1-2H3,(H3,13,14). The monoisotopic (exact) mass is 269 g/mol. The summed E-state index contributed by atoms with van der Waals surface area (Å²) in [5.74, 6) is -0.293. The van der Waals surface area contributed by atoms with Gasteiger partial charge in [0, 0.05) is 0 Å². The molecule has 0 spiro atoms. The van der Waals surface area contributed by atoms with Gasteiger partial charge in [-0.25, -0.2) is 13.1 Å². The summed E-state index contributed by atoms with van der Waals surface area (Å²) in [6.45, 7) is 3.39. The Morgan fingerprint density at radius 2 is 1.94 bits per heavy atom. The molecule has 0 saturated carbocycles. The highest BCUT2D eigenvalue weighted by molar-refractivity contribution is 7.88. The van der Waals surface area contributed by atoms with Crippen molar-refractivity contribution < 1.29 is 8.42 Å². The minimum Gasteiger partial charge on any atom is -0.386 e. The minimum absolute atomic E-state index is 0.114. The number of hydrogen-bond acceptors (Lipinski definition) is 3. The molecule has 1 rings (SSSR count). The Morgan fingerprint density at radius 3 is 2.39 bits per heavy atom. The fraction of sp³-hybridized carbons (Fsp3) is 0.417. The van der Waals surface area contributed by atoms with E-state index in [0.29, 0.717) is 12.0 Å². The molecule has 6 heteroatoms. The van der Waals surface area contributed by atoms with Crippen molar-refractivity contribution in [3.63, 3.8) is 0 Å². The van der Waals surface area contributed by atoms with E-state index in [1.165, 1.54) is 0 Å². The quantitative estimate of drug-likeness (QED) is 0.535. The van der Waals surface area contributed by atoms with Crippen LogP contribution in [-0.2, 0) is 15.8 Å². The number of sulfonamides is 1. The molecule has 0 aliphatic rings. The normalized spacial score (nSPS) is 15.0. The van der Waals surface area contributed by atoms with Gasteiger partial charge in [-0.3, -0.25) is 5.41 Å². The van der Waals surface area contributed by atoms with Gasteiger partial charge >= 0.3 is 0 Å². The van der Waals surface area contributed by atoms with Crippen molar-refractivity contribution in [2.24, 2.45) is 5.73 Å². The third-order valence-corrected chi connectivity index (χ3v) is 4.36. The van der Waals surface area contributed by atoms with E-state index in [4.69, 9.17) is 11.1 Å². The molecular weight excluding hydrogens is 250 g/mol. The van der Waals surface area contributed by atoms with E-state index in [9.17, 15) is 8.42 Å². The first-order chi connectivity index (χ1) is 8.29. The van der Waals surface area contributed by atoms with Gasteiger partial charge in [0.1, 0.15) is 5.84 Å². The third-order valence-electron chi connectivity index (χ3n) is 2.88. The van der Waals surface area contributed by atoms with E-state index in [0.717, 1.165) is 0 Å². The number of hydrogen-bond donors (Lipinski definition) is 3. The molecule has 0 heterocycles. The summed E-state index contributed by atoms with van der Waals surface area (Å²) in [5.41, 5.74) is 5.12. The molecule has 5 nitrogen and oxygen atoms in total. The number of rotatable bonds is 6. The number of amidine groups is 1. The molecule has 1 aromatic carbocycles. The van der Waals surface area contributed by atoms with Crippen molar-refractivity contribution in [3.05, 3.63) is 35.9 Å². The molecule has 18 heavy (non-hydrogen) atoms. The van der Waals surface area contributed by atoms with E-state index >= 15 is 0 Å². The average Bonchev–Trinajstić information content (AvgIpc) is 2.28. The van der Waals surface area contributed by atoms with Gasteiger partial charge in [0.25, 0.3) is 0 Å². The van der Waals surface area contributed by atoms with E-state index in [1.54, 1.807) is 38.1 Å². The predicted octanol–water partition coefficient (Wildman–Crippen LogP) is 1.21. The maximum atomic E-state index is 12.0. The maximum absolute atomic E-state index is 12.0. The number of nitrogens with one attached hydrogen (secondary N) is 2. The Balaban J connectivity index is 2.86. The number of benzene rings is 1. The highest BCUT2D eigenvalue weighted by atomic mass is 32.2. The van der Waals surface area contributed by atoms with E-state index < -0.39 is 15.6 Å². The lowest BCUT2D eigenvalue weighted by molar-refractivity contribution is 0.505. The maximum Gasteiger partial charge on any atom is 0.216 e. The molecule has 0 aliphatic carbocycles. The topological polar surface area (TPSA) is 96.0 Å². The third kappa shape index (κ3) is 3.82. The average molecular weight is 269 g/mol. The molecule has 0 radical (unpaired) electrons. The first-order valence-corrected chi connectivity index (χ1v) is 7.34. The molecule has 1 aromatic rings. The van der Waals surface area contributed by atoms with Crippen LogP contribution < -0.4 is 10.5 Å². The highest BCUT2D eigenvalue weighted by Gasteiger charge is 2.31. The van der Waals surface area contributed by atoms with Crippen LogP contribution in [0.5, 0.6) is 0 Å². The zero-order valence-electron chi connectivity index (χ0n) is 10.6. The molecule has 1 unspecified atom stereocenters. The van der Waals surface area contributed by atoms with Crippen LogP contribution in [0.4, 0.5) is 0 Å². The SMILES string of the molecule is CCC(C)(NS(=O)(=O)Cc1ccccc1)C(=N)N. The summed E-state index contributed by atoms with van der Waals surface area (Å²) in [7, 11) is -3.52. The van der Waals surface area contributed by atoms with E-state index in [1.807, 2.05) is 6.07 Å². The second kappa shape index (κ2) is 5.49. The van der Waals surface area contributed by atoms with Gasteiger partial charge in [-0.1, -0.05) is 37.3 Å². The summed E-state index contributed by atoms with van der Waals surface area (Å²) in [4.78, 5) is 0. The van der Waals surface area contributed by atoms with Gasteiger partial charge in [-0.2, -0.15) is 0 Å². The Bertz CT molecular complexity index is 513. The zero-order valence-corrected chi connectivity index (χ0v) is 11.4. The van der Waals surface area contributed by atoms with Crippen LogP contribution in [0.15, 0.2) is 30.3 Å². The summed E-state index contributed by atoms with van der Waals surface area (Å²) >= 11 is 0. The molecule has 0 aromatic heterocycles. The Labute approximate surface area is 108 Å². The van der Waals surface area contributed by atoms with E-state index in [-0.39, 0.29) is 11.6 Å². The van der Waals surface area contributed by atoms with Crippen LogP contribution in [0.25, 0.3) is 0 Å². The Morgan fingerprint density at radius 1 is 1.39 bits per heavy atom. The van der Waals surface area contributed by atoms with Crippen molar-refractivity contribution in [2.75, 3.05) is 0 Å². The molecule has 0 saturated heterocycles. The lowest BCUT2D eigenvalue weighted by atomic mass is 10.00. The summed E-state index contributed by atoms with van der Waals surface area (Å²) in [5, 5.41) is 7.46. The molecule has 0 amide bonds. The second-order valence-corrected chi connectivity index (χ2v) is 6.17. The van der Waals surface area contributed by atoms with Crippen molar-refractivity contribution in [1.82, 2.24) is 4.72 Å². The van der Waals surface area contributed by atoms with Crippen molar-refractivity contribution in [3.8, 4) is 0 Å². The second-order valence-electron chi connectivity index (χ2n) is 4.45. The highest BCUT2D eigenvalue weighted by Crippen LogP contribution is 2.13. The van der Waals surface area contributed by atoms with Crippen LogP contribution in [-0.4, -0.2) is 19.8 Å². The van der Waals surface area contributed by atoms with E-state index in [2.05, 4.69) is 4.72 Å². The van der Waals surface area contributed by atoms with Crippen molar-refractivity contribution in [1.29, 1.82) is 5.41 Å². The molecule has 1 atom stereocenters. The fourth-order valence-corrected chi connectivity index (χ4v) is 3.13. The van der Waals surface area contributed by atoms with Crippen molar-refractivity contribution >= 4 is 15.9 Å².